The number of nitrogens with one attached hydrogen (secondary N) is 1. The second-order valence-electron chi connectivity index (χ2n) is 6.02. The molecule has 1 atom stereocenters. The Labute approximate surface area is 124 Å². The van der Waals surface area contributed by atoms with Crippen molar-refractivity contribution in [3.63, 3.8) is 0 Å². The maximum Gasteiger partial charge on any atom is 0.416 e. The summed E-state index contributed by atoms with van der Waals surface area (Å²) < 4.78 is 39.8. The van der Waals surface area contributed by atoms with Gasteiger partial charge in [-0.05, 0) is 24.0 Å². The van der Waals surface area contributed by atoms with Crippen molar-refractivity contribution in [2.75, 3.05) is 26.2 Å². The number of nitrogens with zero attached hydrogens (tertiary/aromatic N) is 1. The zero-order valence-corrected chi connectivity index (χ0v) is 12.6. The molecule has 0 bridgehead atoms. The lowest BCUT2D eigenvalue weighted by atomic mass is 9.91. The zero-order chi connectivity index (χ0) is 15.5. The zero-order valence-electron chi connectivity index (χ0n) is 12.6. The maximum absolute atomic E-state index is 13.3. The van der Waals surface area contributed by atoms with Crippen molar-refractivity contribution in [2.45, 2.75) is 32.5 Å². The Morgan fingerprint density at radius 3 is 2.33 bits per heavy atom. The van der Waals surface area contributed by atoms with Crippen LogP contribution in [0.15, 0.2) is 24.3 Å². The topological polar surface area (TPSA) is 15.3 Å². The Balaban J connectivity index is 2.36. The highest BCUT2D eigenvalue weighted by molar-refractivity contribution is 5.32. The minimum Gasteiger partial charge on any atom is -0.314 e. The van der Waals surface area contributed by atoms with E-state index >= 15 is 0 Å². The number of halogens is 3. The molecule has 1 aromatic carbocycles. The molecule has 5 heteroatoms. The van der Waals surface area contributed by atoms with Gasteiger partial charge in [-0.1, -0.05) is 32.0 Å². The molecular weight excluding hydrogens is 277 g/mol. The molecule has 1 aromatic rings. The standard InChI is InChI=1S/C16H23F3N2/c1-12(2)11-15(21-9-7-20-8-10-21)13-5-3-4-6-14(13)16(17,18)19/h3-6,12,15,20H,7-11H2,1-2H3/t15-/m1/s1. The Bertz CT molecular complexity index is 451. The average molecular weight is 300 g/mol. The summed E-state index contributed by atoms with van der Waals surface area (Å²) in [5.41, 5.74) is -0.0743. The first-order valence-electron chi connectivity index (χ1n) is 7.50. The SMILES string of the molecule is CC(C)C[C@H](c1ccccc1C(F)(F)F)N1CCNCC1. The summed E-state index contributed by atoms with van der Waals surface area (Å²) in [5.74, 6) is 0.353. The third kappa shape index (κ3) is 4.20. The molecule has 1 N–H and O–H groups in total. The number of hydrogen-bond donors (Lipinski definition) is 1. The van der Waals surface area contributed by atoms with Crippen molar-refractivity contribution < 1.29 is 13.2 Å². The summed E-state index contributed by atoms with van der Waals surface area (Å²) in [5, 5.41) is 3.26. The quantitative estimate of drug-likeness (QED) is 0.912. The van der Waals surface area contributed by atoms with Crippen LogP contribution in [0.3, 0.4) is 0 Å². The Morgan fingerprint density at radius 2 is 1.76 bits per heavy atom. The van der Waals surface area contributed by atoms with Crippen molar-refractivity contribution in [1.82, 2.24) is 10.2 Å². The summed E-state index contributed by atoms with van der Waals surface area (Å²) in [6.45, 7) is 7.38. The van der Waals surface area contributed by atoms with Gasteiger partial charge in [0.05, 0.1) is 5.56 Å². The predicted molar refractivity (Wildman–Crippen MR) is 78.1 cm³/mol. The van der Waals surface area contributed by atoms with Gasteiger partial charge in [0.25, 0.3) is 0 Å². The fourth-order valence-corrected chi connectivity index (χ4v) is 2.96. The highest BCUT2D eigenvalue weighted by atomic mass is 19.4. The van der Waals surface area contributed by atoms with Crippen LogP contribution in [-0.2, 0) is 6.18 Å². The molecule has 1 saturated heterocycles. The molecule has 1 fully saturated rings. The van der Waals surface area contributed by atoms with Crippen LogP contribution in [0.1, 0.15) is 37.4 Å². The van der Waals surface area contributed by atoms with Crippen molar-refractivity contribution in [1.29, 1.82) is 0 Å². The third-order valence-electron chi connectivity index (χ3n) is 3.91. The number of hydrogen-bond acceptors (Lipinski definition) is 2. The summed E-state index contributed by atoms with van der Waals surface area (Å²) in [7, 11) is 0. The third-order valence-corrected chi connectivity index (χ3v) is 3.91. The van der Waals surface area contributed by atoms with Crippen molar-refractivity contribution in [3.8, 4) is 0 Å². The van der Waals surface area contributed by atoms with Gasteiger partial charge in [0.15, 0.2) is 0 Å². The normalized spacial score (nSPS) is 19.0. The number of piperazine rings is 1. The molecular formula is C16H23F3N2. The molecule has 2 nitrogen and oxygen atoms in total. The number of rotatable bonds is 4. The summed E-state index contributed by atoms with van der Waals surface area (Å²) in [6, 6.07) is 5.85. The average Bonchev–Trinajstić information content (AvgIpc) is 2.44. The van der Waals surface area contributed by atoms with E-state index in [1.165, 1.54) is 12.1 Å². The molecule has 0 spiro atoms. The van der Waals surface area contributed by atoms with Gasteiger partial charge in [0, 0.05) is 32.2 Å². The van der Waals surface area contributed by atoms with E-state index in [2.05, 4.69) is 24.1 Å². The van der Waals surface area contributed by atoms with Crippen molar-refractivity contribution >= 4 is 0 Å². The van der Waals surface area contributed by atoms with E-state index in [1.54, 1.807) is 12.1 Å². The molecule has 0 aliphatic carbocycles. The molecule has 118 valence electrons. The largest absolute Gasteiger partial charge is 0.416 e. The van der Waals surface area contributed by atoms with Gasteiger partial charge in [0.2, 0.25) is 0 Å². The fraction of sp³-hybridized carbons (Fsp3) is 0.625. The second kappa shape index (κ2) is 6.79. The van der Waals surface area contributed by atoms with Crippen LogP contribution < -0.4 is 5.32 Å². The Hall–Kier alpha value is -1.07. The molecule has 2 rings (SSSR count). The number of alkyl halides is 3. The molecule has 0 radical (unpaired) electrons. The fourth-order valence-electron chi connectivity index (χ4n) is 2.96. The van der Waals surface area contributed by atoms with E-state index in [-0.39, 0.29) is 6.04 Å². The molecule has 0 amide bonds. The van der Waals surface area contributed by atoms with Gasteiger partial charge < -0.3 is 5.32 Å². The molecule has 21 heavy (non-hydrogen) atoms. The monoisotopic (exact) mass is 300 g/mol. The van der Waals surface area contributed by atoms with Gasteiger partial charge >= 0.3 is 6.18 Å². The van der Waals surface area contributed by atoms with E-state index in [9.17, 15) is 13.2 Å². The summed E-state index contributed by atoms with van der Waals surface area (Å²) >= 11 is 0. The first-order valence-corrected chi connectivity index (χ1v) is 7.50. The van der Waals surface area contributed by atoms with Crippen LogP contribution >= 0.6 is 0 Å². The van der Waals surface area contributed by atoms with Gasteiger partial charge in [-0.25, -0.2) is 0 Å². The van der Waals surface area contributed by atoms with E-state index in [1.807, 2.05) is 0 Å². The first kappa shape index (κ1) is 16.3. The van der Waals surface area contributed by atoms with Gasteiger partial charge in [0.1, 0.15) is 0 Å². The Kier molecular flexibility index (Phi) is 5.27. The van der Waals surface area contributed by atoms with Crippen molar-refractivity contribution in [2.24, 2.45) is 5.92 Å². The lowest BCUT2D eigenvalue weighted by Crippen LogP contribution is -2.45. The second-order valence-corrected chi connectivity index (χ2v) is 6.02. The van der Waals surface area contributed by atoms with Crippen LogP contribution in [0, 0.1) is 5.92 Å². The van der Waals surface area contributed by atoms with Gasteiger partial charge in [-0.3, -0.25) is 4.90 Å². The van der Waals surface area contributed by atoms with E-state index in [0.29, 0.717) is 11.5 Å². The van der Waals surface area contributed by atoms with Crippen LogP contribution in [0.4, 0.5) is 13.2 Å². The first-order chi connectivity index (χ1) is 9.89. The van der Waals surface area contributed by atoms with Crippen LogP contribution in [0.5, 0.6) is 0 Å². The molecule has 1 aliphatic heterocycles. The summed E-state index contributed by atoms with van der Waals surface area (Å²) in [4.78, 5) is 2.18. The molecule has 1 heterocycles. The smallest absolute Gasteiger partial charge is 0.314 e. The summed E-state index contributed by atoms with van der Waals surface area (Å²) in [6.07, 6.45) is -3.55. The lowest BCUT2D eigenvalue weighted by Gasteiger charge is -2.37. The molecule has 0 saturated carbocycles. The Morgan fingerprint density at radius 1 is 1.14 bits per heavy atom. The maximum atomic E-state index is 13.3. The minimum atomic E-state index is -4.29. The van der Waals surface area contributed by atoms with E-state index in [4.69, 9.17) is 0 Å². The molecule has 0 unspecified atom stereocenters. The van der Waals surface area contributed by atoms with Crippen molar-refractivity contribution in [3.05, 3.63) is 35.4 Å². The van der Waals surface area contributed by atoms with Gasteiger partial charge in [-0.2, -0.15) is 13.2 Å². The highest BCUT2D eigenvalue weighted by Gasteiger charge is 2.36. The van der Waals surface area contributed by atoms with Crippen LogP contribution in [0.25, 0.3) is 0 Å². The molecule has 0 aromatic heterocycles. The highest BCUT2D eigenvalue weighted by Crippen LogP contribution is 2.38. The number of benzene rings is 1. The van der Waals surface area contributed by atoms with E-state index < -0.39 is 11.7 Å². The van der Waals surface area contributed by atoms with Crippen LogP contribution in [-0.4, -0.2) is 31.1 Å². The minimum absolute atomic E-state index is 0.162. The predicted octanol–water partition coefficient (Wildman–Crippen LogP) is 3.70. The molecule has 1 aliphatic rings. The van der Waals surface area contributed by atoms with Crippen LogP contribution in [0.2, 0.25) is 0 Å². The lowest BCUT2D eigenvalue weighted by molar-refractivity contribution is -0.138. The van der Waals surface area contributed by atoms with Gasteiger partial charge in [-0.15, -0.1) is 0 Å². The van der Waals surface area contributed by atoms with E-state index in [0.717, 1.165) is 32.6 Å².